The molecule has 0 spiro atoms. The maximum Gasteiger partial charge on any atom is 0.138 e. The van der Waals surface area contributed by atoms with Crippen LogP contribution in [0.15, 0.2) is 162 Å². The molecule has 0 bridgehead atoms. The lowest BCUT2D eigenvalue weighted by Gasteiger charge is -2.27. The third-order valence-electron chi connectivity index (χ3n) is 9.08. The highest BCUT2D eigenvalue weighted by Crippen LogP contribution is 2.47. The fourth-order valence-electron chi connectivity index (χ4n) is 7.01. The zero-order valence-corrected chi connectivity index (χ0v) is 24.7. The van der Waals surface area contributed by atoms with Gasteiger partial charge in [0.15, 0.2) is 0 Å². The SMILES string of the molecule is C1=C(c2cccc3oc4cc(N(c5ccccc5)c5ccc(-c6ccccc6)cc5)c5ccccc5c4c23)Cc2ccccc21. The van der Waals surface area contributed by atoms with Crippen molar-refractivity contribution in [3.8, 4) is 11.1 Å². The van der Waals surface area contributed by atoms with Crippen LogP contribution in [0, 0.1) is 0 Å². The van der Waals surface area contributed by atoms with Crippen LogP contribution in [0.4, 0.5) is 17.1 Å². The Labute approximate surface area is 262 Å². The summed E-state index contributed by atoms with van der Waals surface area (Å²) in [6.07, 6.45) is 3.27. The number of benzene rings is 7. The van der Waals surface area contributed by atoms with Crippen LogP contribution < -0.4 is 4.90 Å². The van der Waals surface area contributed by atoms with Crippen molar-refractivity contribution in [1.82, 2.24) is 0 Å². The molecule has 0 unspecified atom stereocenters. The molecule has 212 valence electrons. The van der Waals surface area contributed by atoms with Gasteiger partial charge in [-0.15, -0.1) is 0 Å². The van der Waals surface area contributed by atoms with Crippen LogP contribution in [0.25, 0.3) is 55.5 Å². The van der Waals surface area contributed by atoms with E-state index in [0.717, 1.165) is 34.6 Å². The summed E-state index contributed by atoms with van der Waals surface area (Å²) in [7, 11) is 0. The number of rotatable bonds is 5. The van der Waals surface area contributed by atoms with Gasteiger partial charge in [-0.25, -0.2) is 0 Å². The Bertz CT molecular complexity index is 2380. The highest BCUT2D eigenvalue weighted by Gasteiger charge is 2.23. The van der Waals surface area contributed by atoms with Crippen LogP contribution in [-0.2, 0) is 6.42 Å². The van der Waals surface area contributed by atoms with Gasteiger partial charge in [-0.05, 0) is 75.5 Å². The summed E-state index contributed by atoms with van der Waals surface area (Å²) < 4.78 is 6.72. The van der Waals surface area contributed by atoms with Gasteiger partial charge in [-0.1, -0.05) is 127 Å². The molecule has 1 aliphatic rings. The maximum atomic E-state index is 6.72. The number of allylic oxidation sites excluding steroid dienone is 1. The van der Waals surface area contributed by atoms with Crippen LogP contribution in [0.3, 0.4) is 0 Å². The van der Waals surface area contributed by atoms with Crippen molar-refractivity contribution in [2.75, 3.05) is 4.90 Å². The van der Waals surface area contributed by atoms with Crippen molar-refractivity contribution in [2.45, 2.75) is 6.42 Å². The average molecular weight is 576 g/mol. The molecular weight excluding hydrogens is 546 g/mol. The Morgan fingerprint density at radius 1 is 0.489 bits per heavy atom. The molecule has 7 aromatic carbocycles. The molecule has 0 N–H and O–H groups in total. The van der Waals surface area contributed by atoms with Crippen molar-refractivity contribution >= 4 is 61.4 Å². The van der Waals surface area contributed by atoms with Crippen LogP contribution in [0.2, 0.25) is 0 Å². The monoisotopic (exact) mass is 575 g/mol. The van der Waals surface area contributed by atoms with Crippen molar-refractivity contribution < 1.29 is 4.42 Å². The van der Waals surface area contributed by atoms with Crippen LogP contribution in [0.1, 0.15) is 16.7 Å². The van der Waals surface area contributed by atoms with Crippen LogP contribution in [-0.4, -0.2) is 0 Å². The maximum absolute atomic E-state index is 6.72. The third-order valence-corrected chi connectivity index (χ3v) is 9.08. The highest BCUT2D eigenvalue weighted by atomic mass is 16.3. The van der Waals surface area contributed by atoms with Crippen LogP contribution in [0.5, 0.6) is 0 Å². The molecule has 1 heterocycles. The summed E-state index contributed by atoms with van der Waals surface area (Å²) in [5.74, 6) is 0. The number of fused-ring (bicyclic) bond motifs is 6. The second kappa shape index (κ2) is 10.4. The lowest BCUT2D eigenvalue weighted by Crippen LogP contribution is -2.10. The summed E-state index contributed by atoms with van der Waals surface area (Å²) in [4.78, 5) is 2.35. The lowest BCUT2D eigenvalue weighted by molar-refractivity contribution is 0.669. The van der Waals surface area contributed by atoms with E-state index < -0.39 is 0 Å². The molecule has 0 radical (unpaired) electrons. The summed E-state index contributed by atoms with van der Waals surface area (Å²) >= 11 is 0. The predicted octanol–water partition coefficient (Wildman–Crippen LogP) is 12.0. The first-order valence-corrected chi connectivity index (χ1v) is 15.5. The van der Waals surface area contributed by atoms with Gasteiger partial charge < -0.3 is 9.32 Å². The second-order valence-corrected chi connectivity index (χ2v) is 11.7. The van der Waals surface area contributed by atoms with E-state index in [1.54, 1.807) is 0 Å². The summed E-state index contributed by atoms with van der Waals surface area (Å²) in [6.45, 7) is 0. The Balaban J connectivity index is 1.27. The van der Waals surface area contributed by atoms with E-state index in [-0.39, 0.29) is 0 Å². The number of furan rings is 1. The zero-order chi connectivity index (χ0) is 29.7. The number of nitrogens with zero attached hydrogens (tertiary/aromatic N) is 1. The molecule has 2 nitrogen and oxygen atoms in total. The van der Waals surface area contributed by atoms with Crippen molar-refractivity contribution in [2.24, 2.45) is 0 Å². The predicted molar refractivity (Wildman–Crippen MR) is 189 cm³/mol. The van der Waals surface area contributed by atoms with E-state index >= 15 is 0 Å². The molecule has 9 rings (SSSR count). The van der Waals surface area contributed by atoms with Gasteiger partial charge in [0.25, 0.3) is 0 Å². The Morgan fingerprint density at radius 3 is 1.96 bits per heavy atom. The largest absolute Gasteiger partial charge is 0.456 e. The molecule has 0 fully saturated rings. The molecule has 0 amide bonds. The van der Waals surface area contributed by atoms with E-state index in [1.807, 2.05) is 0 Å². The zero-order valence-electron chi connectivity index (χ0n) is 24.7. The van der Waals surface area contributed by atoms with Crippen molar-refractivity contribution in [3.63, 3.8) is 0 Å². The molecular formula is C43H29NO. The van der Waals surface area contributed by atoms with E-state index in [4.69, 9.17) is 4.42 Å². The standard InChI is InChI=1S/C43H29NO/c1-3-12-29(13-4-1)30-22-24-35(25-23-30)44(34-16-5-2-6-17-34)39-28-41-43(38-19-10-9-18-37(38)39)42-36(20-11-21-40(42)45-41)33-26-31-14-7-8-15-32(31)27-33/h1-26,28H,27H2. The molecule has 0 saturated carbocycles. The van der Waals surface area contributed by atoms with Crippen LogP contribution >= 0.6 is 0 Å². The minimum atomic E-state index is 0.893. The minimum absolute atomic E-state index is 0.893. The number of hydrogen-bond donors (Lipinski definition) is 0. The number of para-hydroxylation sites is 1. The van der Waals surface area contributed by atoms with Gasteiger partial charge >= 0.3 is 0 Å². The van der Waals surface area contributed by atoms with E-state index in [1.165, 1.54) is 54.9 Å². The minimum Gasteiger partial charge on any atom is -0.456 e. The number of anilines is 3. The molecule has 2 heteroatoms. The first-order chi connectivity index (χ1) is 22.3. The summed E-state index contributed by atoms with van der Waals surface area (Å²) in [6, 6.07) is 56.2. The lowest BCUT2D eigenvalue weighted by atomic mass is 9.95. The molecule has 0 atom stereocenters. The summed E-state index contributed by atoms with van der Waals surface area (Å²) in [5.41, 5.74) is 12.8. The van der Waals surface area contributed by atoms with Gasteiger partial charge in [0, 0.05) is 33.6 Å². The highest BCUT2D eigenvalue weighted by molar-refractivity contribution is 6.25. The first kappa shape index (κ1) is 25.6. The Morgan fingerprint density at radius 2 is 1.16 bits per heavy atom. The molecule has 0 saturated heterocycles. The number of hydrogen-bond acceptors (Lipinski definition) is 2. The van der Waals surface area contributed by atoms with Gasteiger partial charge in [-0.2, -0.15) is 0 Å². The average Bonchev–Trinajstić information content (AvgIpc) is 3.71. The molecule has 1 aliphatic carbocycles. The topological polar surface area (TPSA) is 16.4 Å². The van der Waals surface area contributed by atoms with Gasteiger partial charge in [0.05, 0.1) is 5.69 Å². The van der Waals surface area contributed by atoms with E-state index in [2.05, 4.69) is 169 Å². The molecule has 0 aliphatic heterocycles. The van der Waals surface area contributed by atoms with Gasteiger partial charge in [-0.3, -0.25) is 0 Å². The Kier molecular flexibility index (Phi) is 5.92. The van der Waals surface area contributed by atoms with Crippen molar-refractivity contribution in [3.05, 3.63) is 174 Å². The summed E-state index contributed by atoms with van der Waals surface area (Å²) in [5, 5.41) is 4.73. The van der Waals surface area contributed by atoms with Gasteiger partial charge in [0.2, 0.25) is 0 Å². The third kappa shape index (κ3) is 4.26. The Hall–Kier alpha value is -5.86. The molecule has 8 aromatic rings. The van der Waals surface area contributed by atoms with E-state index in [9.17, 15) is 0 Å². The fourth-order valence-corrected chi connectivity index (χ4v) is 7.01. The fraction of sp³-hybridized carbons (Fsp3) is 0.0233. The van der Waals surface area contributed by atoms with E-state index in [0.29, 0.717) is 0 Å². The quantitative estimate of drug-likeness (QED) is 0.203. The molecule has 1 aromatic heterocycles. The molecule has 45 heavy (non-hydrogen) atoms. The normalized spacial score (nSPS) is 12.5. The van der Waals surface area contributed by atoms with Crippen molar-refractivity contribution in [1.29, 1.82) is 0 Å². The van der Waals surface area contributed by atoms with Gasteiger partial charge in [0.1, 0.15) is 11.2 Å². The smallest absolute Gasteiger partial charge is 0.138 e. The second-order valence-electron chi connectivity index (χ2n) is 11.7. The first-order valence-electron chi connectivity index (χ1n) is 15.5.